The summed E-state index contributed by atoms with van der Waals surface area (Å²) in [7, 11) is 0. The molecule has 2 aromatic rings. The van der Waals surface area contributed by atoms with Crippen molar-refractivity contribution in [3.05, 3.63) is 45.6 Å². The number of ketones is 1. The fourth-order valence-electron chi connectivity index (χ4n) is 2.94. The number of hydrogen-bond acceptors (Lipinski definition) is 5. The van der Waals surface area contributed by atoms with Gasteiger partial charge in [0.15, 0.2) is 5.78 Å². The molecule has 0 amide bonds. The maximum absolute atomic E-state index is 12.3. The van der Waals surface area contributed by atoms with Gasteiger partial charge in [0.2, 0.25) is 0 Å². The zero-order valence-corrected chi connectivity index (χ0v) is 12.8. The van der Waals surface area contributed by atoms with Crippen molar-refractivity contribution in [2.24, 2.45) is 0 Å². The molecule has 0 spiro atoms. The predicted octanol–water partition coefficient (Wildman–Crippen LogP) is 2.45. The van der Waals surface area contributed by atoms with E-state index in [2.05, 4.69) is 5.10 Å². The molecule has 0 fully saturated rings. The molecule has 0 aliphatic heterocycles. The summed E-state index contributed by atoms with van der Waals surface area (Å²) in [6.07, 6.45) is 1.64. The molecule has 1 aromatic carbocycles. The van der Waals surface area contributed by atoms with Crippen molar-refractivity contribution in [3.8, 4) is 11.3 Å². The molecule has 1 aliphatic rings. The third-order valence-corrected chi connectivity index (χ3v) is 4.02. The number of non-ortho nitro benzene ring substituents is 1. The number of aliphatic carboxylic acids is 1. The minimum atomic E-state index is -0.946. The van der Waals surface area contributed by atoms with Crippen LogP contribution in [0.25, 0.3) is 11.3 Å². The highest BCUT2D eigenvalue weighted by molar-refractivity contribution is 6.03. The van der Waals surface area contributed by atoms with E-state index >= 15 is 0 Å². The number of rotatable bonds is 5. The van der Waals surface area contributed by atoms with Gasteiger partial charge in [-0.3, -0.25) is 24.4 Å². The summed E-state index contributed by atoms with van der Waals surface area (Å²) in [5, 5.41) is 24.2. The molecule has 0 atom stereocenters. The van der Waals surface area contributed by atoms with Gasteiger partial charge in [0.05, 0.1) is 23.5 Å². The van der Waals surface area contributed by atoms with Gasteiger partial charge in [-0.15, -0.1) is 0 Å². The van der Waals surface area contributed by atoms with Crippen LogP contribution in [0.2, 0.25) is 0 Å². The van der Waals surface area contributed by atoms with Crippen LogP contribution in [0, 0.1) is 10.1 Å². The van der Waals surface area contributed by atoms with E-state index in [9.17, 15) is 19.7 Å². The lowest BCUT2D eigenvalue weighted by Gasteiger charge is -2.13. The first kappa shape index (κ1) is 15.9. The summed E-state index contributed by atoms with van der Waals surface area (Å²) in [4.78, 5) is 33.6. The van der Waals surface area contributed by atoms with Gasteiger partial charge >= 0.3 is 5.97 Å². The molecule has 8 nitrogen and oxygen atoms in total. The van der Waals surface area contributed by atoms with Gasteiger partial charge in [-0.1, -0.05) is 12.1 Å². The lowest BCUT2D eigenvalue weighted by Crippen LogP contribution is -2.15. The predicted molar refractivity (Wildman–Crippen MR) is 83.8 cm³/mol. The molecule has 0 unspecified atom stereocenters. The molecule has 0 radical (unpaired) electrons. The van der Waals surface area contributed by atoms with E-state index in [1.54, 1.807) is 16.8 Å². The zero-order chi connectivity index (χ0) is 17.3. The number of fused-ring (bicyclic) bond motifs is 1. The van der Waals surface area contributed by atoms with Gasteiger partial charge in [0.1, 0.15) is 5.69 Å². The molecule has 124 valence electrons. The lowest BCUT2D eigenvalue weighted by molar-refractivity contribution is -0.384. The van der Waals surface area contributed by atoms with Crippen LogP contribution in [-0.2, 0) is 17.8 Å². The fourth-order valence-corrected chi connectivity index (χ4v) is 2.94. The van der Waals surface area contributed by atoms with Crippen molar-refractivity contribution in [3.63, 3.8) is 0 Å². The number of carbonyl (C=O) groups is 2. The average Bonchev–Trinajstić information content (AvgIpc) is 2.93. The topological polar surface area (TPSA) is 115 Å². The van der Waals surface area contributed by atoms with Crippen molar-refractivity contribution < 1.29 is 19.6 Å². The molecule has 24 heavy (non-hydrogen) atoms. The van der Waals surface area contributed by atoms with E-state index in [0.29, 0.717) is 41.8 Å². The number of nitro groups is 1. The molecule has 8 heteroatoms. The van der Waals surface area contributed by atoms with Crippen molar-refractivity contribution in [1.29, 1.82) is 0 Å². The number of carboxylic acids is 1. The first-order chi connectivity index (χ1) is 11.5. The van der Waals surface area contributed by atoms with Crippen molar-refractivity contribution in [2.75, 3.05) is 0 Å². The smallest absolute Gasteiger partial charge is 0.305 e. The Morgan fingerprint density at radius 1 is 1.38 bits per heavy atom. The Bertz CT molecular complexity index is 840. The number of hydrogen-bond donors (Lipinski definition) is 1. The number of nitrogens with zero attached hydrogens (tertiary/aromatic N) is 3. The molecule has 1 aromatic heterocycles. The summed E-state index contributed by atoms with van der Waals surface area (Å²) in [6.45, 7) is 0.167. The number of benzene rings is 1. The van der Waals surface area contributed by atoms with E-state index in [1.807, 2.05) is 0 Å². The standard InChI is InChI=1S/C16H15N3O5/c20-13-6-2-5-12-15(13)16(17-18(12)8-7-14(21)22)10-3-1-4-11(9-10)19(23)24/h1,3-4,9H,2,5-8H2,(H,21,22). The Morgan fingerprint density at radius 3 is 2.88 bits per heavy atom. The summed E-state index contributed by atoms with van der Waals surface area (Å²) in [6, 6.07) is 5.97. The fraction of sp³-hybridized carbons (Fsp3) is 0.312. The summed E-state index contributed by atoms with van der Waals surface area (Å²) in [5.74, 6) is -1.00. The van der Waals surface area contributed by atoms with E-state index in [0.717, 1.165) is 0 Å². The minimum Gasteiger partial charge on any atom is -0.481 e. The molecule has 1 N–H and O–H groups in total. The largest absolute Gasteiger partial charge is 0.481 e. The Hall–Kier alpha value is -3.03. The summed E-state index contributed by atoms with van der Waals surface area (Å²) < 4.78 is 1.55. The van der Waals surface area contributed by atoms with Gasteiger partial charge in [0, 0.05) is 29.8 Å². The molecule has 0 bridgehead atoms. The first-order valence-corrected chi connectivity index (χ1v) is 7.57. The summed E-state index contributed by atoms with van der Waals surface area (Å²) >= 11 is 0. The maximum atomic E-state index is 12.3. The molecule has 0 saturated heterocycles. The van der Waals surface area contributed by atoms with Crippen molar-refractivity contribution >= 4 is 17.4 Å². The van der Waals surface area contributed by atoms with Gasteiger partial charge in [-0.25, -0.2) is 0 Å². The number of aryl methyl sites for hydroxylation is 1. The molecule has 3 rings (SSSR count). The van der Waals surface area contributed by atoms with Crippen LogP contribution in [0.15, 0.2) is 24.3 Å². The second kappa shape index (κ2) is 6.23. The molecule has 0 saturated carbocycles. The van der Waals surface area contributed by atoms with Crippen molar-refractivity contribution in [2.45, 2.75) is 32.2 Å². The average molecular weight is 329 g/mol. The van der Waals surface area contributed by atoms with Crippen LogP contribution in [0.5, 0.6) is 0 Å². The number of nitro benzene ring substituents is 1. The van der Waals surface area contributed by atoms with Crippen LogP contribution in [0.4, 0.5) is 5.69 Å². The third kappa shape index (κ3) is 2.90. The molecular weight excluding hydrogens is 314 g/mol. The van der Waals surface area contributed by atoms with Crippen LogP contribution in [-0.4, -0.2) is 31.6 Å². The zero-order valence-electron chi connectivity index (χ0n) is 12.8. The van der Waals surface area contributed by atoms with Crippen LogP contribution in [0.3, 0.4) is 0 Å². The highest BCUT2D eigenvalue weighted by Gasteiger charge is 2.28. The Kier molecular flexibility index (Phi) is 4.11. The molecule has 1 heterocycles. The van der Waals surface area contributed by atoms with Crippen LogP contribution in [0.1, 0.15) is 35.3 Å². The second-order valence-corrected chi connectivity index (χ2v) is 5.62. The van der Waals surface area contributed by atoms with E-state index < -0.39 is 10.9 Å². The quantitative estimate of drug-likeness (QED) is 0.665. The number of carboxylic acid groups (broad SMARTS) is 1. The SMILES string of the molecule is O=C(O)CCn1nc(-c2cccc([N+](=O)[O-])c2)c2c1CCCC2=O. The monoisotopic (exact) mass is 329 g/mol. The van der Waals surface area contributed by atoms with Gasteiger partial charge < -0.3 is 5.11 Å². The highest BCUT2D eigenvalue weighted by atomic mass is 16.6. The molecule has 1 aliphatic carbocycles. The minimum absolute atomic E-state index is 0.0562. The van der Waals surface area contributed by atoms with E-state index in [-0.39, 0.29) is 24.4 Å². The number of carbonyl (C=O) groups excluding carboxylic acids is 1. The van der Waals surface area contributed by atoms with Crippen LogP contribution < -0.4 is 0 Å². The number of Topliss-reactive ketones (excluding diaryl/α,β-unsaturated/α-hetero) is 1. The highest BCUT2D eigenvalue weighted by Crippen LogP contribution is 2.32. The Balaban J connectivity index is 2.10. The van der Waals surface area contributed by atoms with Gasteiger partial charge in [-0.05, 0) is 12.8 Å². The maximum Gasteiger partial charge on any atom is 0.305 e. The normalized spacial score (nSPS) is 13.6. The van der Waals surface area contributed by atoms with E-state index in [4.69, 9.17) is 5.11 Å². The third-order valence-electron chi connectivity index (χ3n) is 4.02. The lowest BCUT2D eigenvalue weighted by atomic mass is 9.92. The first-order valence-electron chi connectivity index (χ1n) is 7.57. The van der Waals surface area contributed by atoms with Crippen molar-refractivity contribution in [1.82, 2.24) is 9.78 Å². The van der Waals surface area contributed by atoms with Gasteiger partial charge in [0.25, 0.3) is 5.69 Å². The van der Waals surface area contributed by atoms with E-state index in [1.165, 1.54) is 12.1 Å². The summed E-state index contributed by atoms with van der Waals surface area (Å²) in [5.41, 5.74) is 1.99. The Labute approximate surface area is 136 Å². The van der Waals surface area contributed by atoms with Crippen LogP contribution >= 0.6 is 0 Å². The second-order valence-electron chi connectivity index (χ2n) is 5.62. The molecular formula is C16H15N3O5. The Morgan fingerprint density at radius 2 is 2.17 bits per heavy atom. The van der Waals surface area contributed by atoms with Gasteiger partial charge in [-0.2, -0.15) is 5.10 Å². The number of aromatic nitrogens is 2.